The number of hydrogen-bond donors (Lipinski definition) is 2. The van der Waals surface area contributed by atoms with E-state index in [0.29, 0.717) is 5.03 Å². The Labute approximate surface area is 91.6 Å². The van der Waals surface area contributed by atoms with Gasteiger partial charge in [0.25, 0.3) is 0 Å². The minimum absolute atomic E-state index is 0.263. The van der Waals surface area contributed by atoms with E-state index in [9.17, 15) is 0 Å². The molecule has 76 valence electrons. The van der Waals surface area contributed by atoms with E-state index < -0.39 is 0 Å². The van der Waals surface area contributed by atoms with Crippen LogP contribution in [0.3, 0.4) is 0 Å². The molecule has 2 heteroatoms. The second-order valence-electron chi connectivity index (χ2n) is 3.73. The van der Waals surface area contributed by atoms with Gasteiger partial charge in [-0.15, -0.1) is 12.6 Å². The van der Waals surface area contributed by atoms with Crippen LogP contribution in [0, 0.1) is 13.8 Å². The maximum Gasteiger partial charge on any atom is 0.0581 e. The summed E-state index contributed by atoms with van der Waals surface area (Å²) in [4.78, 5) is 0. The second kappa shape index (κ2) is 4.56. The molecular formula is C12H17NS. The van der Waals surface area contributed by atoms with Gasteiger partial charge in [0.1, 0.15) is 0 Å². The summed E-state index contributed by atoms with van der Waals surface area (Å²) in [5.41, 5.74) is 3.86. The first kappa shape index (κ1) is 11.2. The van der Waals surface area contributed by atoms with Crippen molar-refractivity contribution in [3.8, 4) is 0 Å². The van der Waals surface area contributed by atoms with Gasteiger partial charge in [-0.05, 0) is 26.3 Å². The molecule has 1 rings (SSSR count). The maximum atomic E-state index is 4.13. The van der Waals surface area contributed by atoms with Crippen LogP contribution in [0.1, 0.15) is 29.7 Å². The van der Waals surface area contributed by atoms with Crippen LogP contribution >= 0.6 is 12.6 Å². The molecule has 1 aromatic carbocycles. The van der Waals surface area contributed by atoms with Crippen molar-refractivity contribution < 1.29 is 0 Å². The van der Waals surface area contributed by atoms with Crippen LogP contribution in [-0.2, 0) is 0 Å². The van der Waals surface area contributed by atoms with E-state index in [2.05, 4.69) is 63.5 Å². The van der Waals surface area contributed by atoms with Crippen molar-refractivity contribution in [2.45, 2.75) is 26.8 Å². The topological polar surface area (TPSA) is 12.0 Å². The molecule has 0 saturated heterocycles. The minimum Gasteiger partial charge on any atom is -0.374 e. The number of rotatable bonds is 3. The predicted molar refractivity (Wildman–Crippen MR) is 65.6 cm³/mol. The van der Waals surface area contributed by atoms with Crippen LogP contribution in [0.15, 0.2) is 29.8 Å². The quantitative estimate of drug-likeness (QED) is 0.724. The average molecular weight is 207 g/mol. The Hall–Kier alpha value is -0.890. The summed E-state index contributed by atoms with van der Waals surface area (Å²) < 4.78 is 0. The summed E-state index contributed by atoms with van der Waals surface area (Å²) in [5, 5.41) is 3.89. The first-order chi connectivity index (χ1) is 6.49. The van der Waals surface area contributed by atoms with E-state index in [1.807, 2.05) is 0 Å². The van der Waals surface area contributed by atoms with Crippen LogP contribution in [0.4, 0.5) is 0 Å². The zero-order chi connectivity index (χ0) is 10.7. The largest absolute Gasteiger partial charge is 0.374 e. The highest BCUT2D eigenvalue weighted by molar-refractivity contribution is 7.84. The first-order valence-electron chi connectivity index (χ1n) is 4.71. The van der Waals surface area contributed by atoms with Gasteiger partial charge in [-0.1, -0.05) is 35.9 Å². The van der Waals surface area contributed by atoms with Gasteiger partial charge < -0.3 is 5.32 Å². The van der Waals surface area contributed by atoms with E-state index in [1.165, 1.54) is 16.7 Å². The van der Waals surface area contributed by atoms with E-state index in [-0.39, 0.29) is 6.04 Å². The van der Waals surface area contributed by atoms with Gasteiger partial charge in [0.2, 0.25) is 0 Å². The summed E-state index contributed by atoms with van der Waals surface area (Å²) >= 11 is 4.13. The van der Waals surface area contributed by atoms with Crippen molar-refractivity contribution in [2.75, 3.05) is 0 Å². The molecular weight excluding hydrogens is 190 g/mol. The summed E-state index contributed by atoms with van der Waals surface area (Å²) in [7, 11) is 0. The third-order valence-electron chi connectivity index (χ3n) is 2.13. The Morgan fingerprint density at radius 3 is 2.21 bits per heavy atom. The highest BCUT2D eigenvalue weighted by Gasteiger charge is 2.05. The molecule has 1 atom stereocenters. The van der Waals surface area contributed by atoms with Crippen LogP contribution in [-0.4, -0.2) is 0 Å². The molecule has 0 aliphatic heterocycles. The van der Waals surface area contributed by atoms with Gasteiger partial charge in [-0.25, -0.2) is 0 Å². The Balaban J connectivity index is 2.89. The van der Waals surface area contributed by atoms with E-state index in [1.54, 1.807) is 0 Å². The van der Waals surface area contributed by atoms with Crippen LogP contribution in [0.25, 0.3) is 0 Å². The lowest BCUT2D eigenvalue weighted by atomic mass is 10.0. The fourth-order valence-electron chi connectivity index (χ4n) is 1.59. The van der Waals surface area contributed by atoms with Gasteiger partial charge in [0, 0.05) is 6.04 Å². The van der Waals surface area contributed by atoms with E-state index >= 15 is 0 Å². The van der Waals surface area contributed by atoms with E-state index in [4.69, 9.17) is 0 Å². The van der Waals surface area contributed by atoms with E-state index in [0.717, 1.165) is 0 Å². The number of thiol groups is 1. The van der Waals surface area contributed by atoms with Gasteiger partial charge in [-0.2, -0.15) is 0 Å². The van der Waals surface area contributed by atoms with Crippen molar-refractivity contribution in [1.82, 2.24) is 5.32 Å². The molecule has 0 aliphatic carbocycles. The fourth-order valence-corrected chi connectivity index (χ4v) is 1.79. The molecule has 0 radical (unpaired) electrons. The summed E-state index contributed by atoms with van der Waals surface area (Å²) in [6.45, 7) is 10.0. The van der Waals surface area contributed by atoms with Crippen molar-refractivity contribution in [3.05, 3.63) is 46.5 Å². The molecule has 1 N–H and O–H groups in total. The van der Waals surface area contributed by atoms with Crippen molar-refractivity contribution in [1.29, 1.82) is 0 Å². The van der Waals surface area contributed by atoms with Crippen molar-refractivity contribution >= 4 is 12.6 Å². The van der Waals surface area contributed by atoms with Crippen molar-refractivity contribution in [2.24, 2.45) is 0 Å². The predicted octanol–water partition coefficient (Wildman–Crippen LogP) is 3.36. The third-order valence-corrected chi connectivity index (χ3v) is 2.26. The standard InChI is InChI=1S/C12H17NS/c1-8-5-9(2)7-12(6-8)10(3)13-11(4)14/h5-7,10,13-14H,4H2,1-3H3. The van der Waals surface area contributed by atoms with Crippen LogP contribution in [0.5, 0.6) is 0 Å². The Bertz CT molecular complexity index is 324. The molecule has 0 saturated carbocycles. The Morgan fingerprint density at radius 2 is 1.79 bits per heavy atom. The van der Waals surface area contributed by atoms with Crippen LogP contribution in [0.2, 0.25) is 0 Å². The lowest BCUT2D eigenvalue weighted by Crippen LogP contribution is -2.14. The Morgan fingerprint density at radius 1 is 1.29 bits per heavy atom. The zero-order valence-electron chi connectivity index (χ0n) is 8.96. The molecule has 0 amide bonds. The fraction of sp³-hybridized carbons (Fsp3) is 0.333. The number of hydrogen-bond acceptors (Lipinski definition) is 2. The third kappa shape index (κ3) is 3.11. The van der Waals surface area contributed by atoms with Crippen LogP contribution < -0.4 is 5.32 Å². The smallest absolute Gasteiger partial charge is 0.0581 e. The minimum atomic E-state index is 0.263. The van der Waals surface area contributed by atoms with Gasteiger partial charge in [0.05, 0.1) is 5.03 Å². The second-order valence-corrected chi connectivity index (χ2v) is 4.27. The zero-order valence-corrected chi connectivity index (χ0v) is 9.86. The first-order valence-corrected chi connectivity index (χ1v) is 5.16. The molecule has 0 heterocycles. The molecule has 0 bridgehead atoms. The molecule has 0 aromatic heterocycles. The number of benzene rings is 1. The lowest BCUT2D eigenvalue weighted by molar-refractivity contribution is 0.679. The normalized spacial score (nSPS) is 12.3. The van der Waals surface area contributed by atoms with Gasteiger partial charge >= 0.3 is 0 Å². The molecule has 1 nitrogen and oxygen atoms in total. The number of nitrogens with one attached hydrogen (secondary N) is 1. The summed E-state index contributed by atoms with van der Waals surface area (Å²) in [6.07, 6.45) is 0. The highest BCUT2D eigenvalue weighted by atomic mass is 32.1. The Kier molecular flexibility index (Phi) is 3.64. The maximum absolute atomic E-state index is 4.13. The van der Waals surface area contributed by atoms with Gasteiger partial charge in [-0.3, -0.25) is 0 Å². The lowest BCUT2D eigenvalue weighted by Gasteiger charge is -2.16. The molecule has 0 fully saturated rings. The highest BCUT2D eigenvalue weighted by Crippen LogP contribution is 2.17. The van der Waals surface area contributed by atoms with Crippen molar-refractivity contribution in [3.63, 3.8) is 0 Å². The molecule has 0 spiro atoms. The molecule has 14 heavy (non-hydrogen) atoms. The molecule has 1 unspecified atom stereocenters. The molecule has 0 aliphatic rings. The van der Waals surface area contributed by atoms with Gasteiger partial charge in [0.15, 0.2) is 0 Å². The summed E-state index contributed by atoms with van der Waals surface area (Å²) in [5.74, 6) is 0. The number of aryl methyl sites for hydroxylation is 2. The average Bonchev–Trinajstić information content (AvgIpc) is 2.00. The summed E-state index contributed by atoms with van der Waals surface area (Å²) in [6, 6.07) is 6.80. The molecule has 1 aromatic rings. The monoisotopic (exact) mass is 207 g/mol. The SMILES string of the molecule is C=C(S)NC(C)c1cc(C)cc(C)c1.